The average molecular weight is 344 g/mol. The predicted molar refractivity (Wildman–Crippen MR) is 87.4 cm³/mol. The molecule has 1 aliphatic carbocycles. The number of thiophene rings is 1. The van der Waals surface area contributed by atoms with Crippen LogP contribution in [0.25, 0.3) is 11.3 Å². The van der Waals surface area contributed by atoms with Crippen molar-refractivity contribution in [1.82, 2.24) is 9.78 Å². The van der Waals surface area contributed by atoms with E-state index in [0.29, 0.717) is 17.2 Å². The van der Waals surface area contributed by atoms with Gasteiger partial charge in [-0.15, -0.1) is 0 Å². The van der Waals surface area contributed by atoms with Gasteiger partial charge in [0.05, 0.1) is 17.5 Å². The lowest BCUT2D eigenvalue weighted by Crippen LogP contribution is -2.08. The Kier molecular flexibility index (Phi) is 3.38. The quantitative estimate of drug-likeness (QED) is 0.783. The van der Waals surface area contributed by atoms with Crippen LogP contribution in [0, 0.1) is 5.82 Å². The number of aromatic carboxylic acids is 1. The van der Waals surface area contributed by atoms with Crippen molar-refractivity contribution in [1.29, 1.82) is 0 Å². The average Bonchev–Trinajstić information content (AvgIpc) is 3.11. The lowest BCUT2D eigenvalue weighted by Gasteiger charge is -2.16. The van der Waals surface area contributed by atoms with E-state index < -0.39 is 5.97 Å². The number of ether oxygens (including phenoxy) is 1. The summed E-state index contributed by atoms with van der Waals surface area (Å²) < 4.78 is 20.7. The van der Waals surface area contributed by atoms with Crippen LogP contribution in [0.2, 0.25) is 0 Å². The molecule has 24 heavy (non-hydrogen) atoms. The zero-order valence-corrected chi connectivity index (χ0v) is 13.6. The van der Waals surface area contributed by atoms with Crippen LogP contribution in [0.3, 0.4) is 0 Å². The fourth-order valence-corrected chi connectivity index (χ4v) is 4.08. The standard InChI is InChI=1S/C17H13FN2O3S/c1-20-14-9(8-19-20)2-7-12-13(14)17(24-15(12)16(21)22)23-11-5-3-10(18)4-6-11/h3-6,8H,2,7H2,1H3,(H,21,22). The third-order valence-electron chi connectivity index (χ3n) is 4.09. The molecule has 0 saturated carbocycles. The molecule has 2 heterocycles. The number of hydrogen-bond donors (Lipinski definition) is 1. The van der Waals surface area contributed by atoms with Crippen LogP contribution in [-0.4, -0.2) is 20.9 Å². The Morgan fingerprint density at radius 1 is 1.33 bits per heavy atom. The van der Waals surface area contributed by atoms with E-state index in [0.717, 1.165) is 40.1 Å². The summed E-state index contributed by atoms with van der Waals surface area (Å²) in [7, 11) is 1.83. The lowest BCUT2D eigenvalue weighted by molar-refractivity contribution is 0.0701. The molecule has 2 aromatic heterocycles. The van der Waals surface area contributed by atoms with E-state index in [4.69, 9.17) is 4.74 Å². The maximum Gasteiger partial charge on any atom is 0.346 e. The second-order valence-corrected chi connectivity index (χ2v) is 6.56. The SMILES string of the molecule is Cn1ncc2c1-c1c(Oc3ccc(F)cc3)sc(C(=O)O)c1CC2. The Morgan fingerprint density at radius 2 is 2.08 bits per heavy atom. The van der Waals surface area contributed by atoms with Gasteiger partial charge in [-0.25, -0.2) is 9.18 Å². The molecule has 0 saturated heterocycles. The molecule has 0 atom stereocenters. The van der Waals surface area contributed by atoms with Crippen molar-refractivity contribution in [2.24, 2.45) is 7.05 Å². The number of carbonyl (C=O) groups is 1. The second-order valence-electron chi connectivity index (χ2n) is 5.58. The van der Waals surface area contributed by atoms with Crippen molar-refractivity contribution >= 4 is 17.3 Å². The molecule has 1 aliphatic rings. The number of carboxylic acids is 1. The van der Waals surface area contributed by atoms with E-state index in [1.165, 1.54) is 24.3 Å². The minimum atomic E-state index is -0.962. The summed E-state index contributed by atoms with van der Waals surface area (Å²) in [4.78, 5) is 11.9. The van der Waals surface area contributed by atoms with E-state index >= 15 is 0 Å². The van der Waals surface area contributed by atoms with Gasteiger partial charge in [-0.1, -0.05) is 11.3 Å². The first-order valence-electron chi connectivity index (χ1n) is 7.38. The van der Waals surface area contributed by atoms with Crippen molar-refractivity contribution < 1.29 is 19.0 Å². The van der Waals surface area contributed by atoms with Crippen LogP contribution in [-0.2, 0) is 19.9 Å². The Balaban J connectivity index is 1.87. The molecule has 0 aliphatic heterocycles. The molecule has 0 spiro atoms. The summed E-state index contributed by atoms with van der Waals surface area (Å²) in [6.07, 6.45) is 3.19. The van der Waals surface area contributed by atoms with Gasteiger partial charge in [-0.3, -0.25) is 4.68 Å². The van der Waals surface area contributed by atoms with Crippen molar-refractivity contribution in [3.8, 4) is 22.1 Å². The number of hydrogen-bond acceptors (Lipinski definition) is 4. The van der Waals surface area contributed by atoms with Crippen LogP contribution < -0.4 is 4.74 Å². The van der Waals surface area contributed by atoms with Gasteiger partial charge in [0.2, 0.25) is 0 Å². The van der Waals surface area contributed by atoms with Crippen molar-refractivity contribution in [3.63, 3.8) is 0 Å². The van der Waals surface area contributed by atoms with Crippen LogP contribution in [0.1, 0.15) is 20.8 Å². The number of aryl methyl sites for hydroxylation is 2. The fraction of sp³-hybridized carbons (Fsp3) is 0.176. The summed E-state index contributed by atoms with van der Waals surface area (Å²) in [6.45, 7) is 0. The lowest BCUT2D eigenvalue weighted by atomic mass is 9.92. The van der Waals surface area contributed by atoms with Gasteiger partial charge >= 0.3 is 5.97 Å². The molecule has 5 nitrogen and oxygen atoms in total. The highest BCUT2D eigenvalue weighted by atomic mass is 32.1. The number of halogens is 1. The summed E-state index contributed by atoms with van der Waals surface area (Å²) in [5.41, 5.74) is 3.52. The topological polar surface area (TPSA) is 64.4 Å². The van der Waals surface area contributed by atoms with E-state index in [-0.39, 0.29) is 10.7 Å². The minimum absolute atomic E-state index is 0.286. The van der Waals surface area contributed by atoms with Crippen LogP contribution >= 0.6 is 11.3 Å². The molecule has 122 valence electrons. The van der Waals surface area contributed by atoms with Gasteiger partial charge < -0.3 is 9.84 Å². The van der Waals surface area contributed by atoms with E-state index in [1.807, 2.05) is 7.05 Å². The molecule has 1 N–H and O–H groups in total. The first-order chi connectivity index (χ1) is 11.5. The normalized spacial score (nSPS) is 12.6. The fourth-order valence-electron chi connectivity index (χ4n) is 3.02. The first-order valence-corrected chi connectivity index (χ1v) is 8.20. The molecule has 1 aromatic carbocycles. The monoisotopic (exact) mass is 344 g/mol. The van der Waals surface area contributed by atoms with Crippen molar-refractivity contribution in [3.05, 3.63) is 52.3 Å². The Morgan fingerprint density at radius 3 is 2.79 bits per heavy atom. The molecule has 0 bridgehead atoms. The largest absolute Gasteiger partial charge is 0.477 e. The zero-order chi connectivity index (χ0) is 16.8. The number of fused-ring (bicyclic) bond motifs is 3. The highest BCUT2D eigenvalue weighted by molar-refractivity contribution is 7.16. The Hall–Kier alpha value is -2.67. The van der Waals surface area contributed by atoms with E-state index in [9.17, 15) is 14.3 Å². The maximum absolute atomic E-state index is 13.1. The van der Waals surface area contributed by atoms with Gasteiger partial charge in [0.25, 0.3) is 0 Å². The van der Waals surface area contributed by atoms with Crippen molar-refractivity contribution in [2.45, 2.75) is 12.8 Å². The van der Waals surface area contributed by atoms with Crippen LogP contribution in [0.15, 0.2) is 30.5 Å². The molecule has 4 rings (SSSR count). The highest BCUT2D eigenvalue weighted by Gasteiger charge is 2.31. The number of aromatic nitrogens is 2. The number of nitrogens with zero attached hydrogens (tertiary/aromatic N) is 2. The summed E-state index contributed by atoms with van der Waals surface area (Å²) in [5.74, 6) is -0.849. The smallest absolute Gasteiger partial charge is 0.346 e. The second kappa shape index (κ2) is 5.45. The number of benzene rings is 1. The van der Waals surface area contributed by atoms with Gasteiger partial charge in [0, 0.05) is 7.05 Å². The molecular formula is C17H13FN2O3S. The third-order valence-corrected chi connectivity index (χ3v) is 5.19. The number of carboxylic acid groups (broad SMARTS) is 1. The molecule has 3 aromatic rings. The Labute approximate surface area is 140 Å². The van der Waals surface area contributed by atoms with Gasteiger partial charge in [-0.2, -0.15) is 5.10 Å². The third kappa shape index (κ3) is 2.28. The number of rotatable bonds is 3. The highest BCUT2D eigenvalue weighted by Crippen LogP contribution is 2.48. The molecule has 0 amide bonds. The molecule has 7 heteroatoms. The summed E-state index contributed by atoms with van der Waals surface area (Å²) in [6, 6.07) is 5.66. The van der Waals surface area contributed by atoms with Gasteiger partial charge in [0.1, 0.15) is 16.4 Å². The molecule has 0 radical (unpaired) electrons. The zero-order valence-electron chi connectivity index (χ0n) is 12.7. The summed E-state index contributed by atoms with van der Waals surface area (Å²) in [5, 5.41) is 14.3. The summed E-state index contributed by atoms with van der Waals surface area (Å²) >= 11 is 1.10. The van der Waals surface area contributed by atoms with E-state index in [1.54, 1.807) is 10.9 Å². The van der Waals surface area contributed by atoms with Crippen molar-refractivity contribution in [2.75, 3.05) is 0 Å². The minimum Gasteiger partial charge on any atom is -0.477 e. The first kappa shape index (κ1) is 14.9. The molecular weight excluding hydrogens is 331 g/mol. The van der Waals surface area contributed by atoms with E-state index in [2.05, 4.69) is 5.10 Å². The van der Waals surface area contributed by atoms with Crippen LogP contribution in [0.5, 0.6) is 10.8 Å². The molecule has 0 fully saturated rings. The maximum atomic E-state index is 13.1. The van der Waals surface area contributed by atoms with Gasteiger partial charge in [0.15, 0.2) is 5.06 Å². The Bertz CT molecular complexity index is 944. The predicted octanol–water partition coefficient (Wildman–Crippen LogP) is 3.88. The molecule has 0 unspecified atom stereocenters. The van der Waals surface area contributed by atoms with Crippen LogP contribution in [0.4, 0.5) is 4.39 Å². The van der Waals surface area contributed by atoms with Gasteiger partial charge in [-0.05, 0) is 48.2 Å².